The van der Waals surface area contributed by atoms with E-state index in [4.69, 9.17) is 27.1 Å². The Hall–Kier alpha value is -1.36. The Morgan fingerprint density at radius 3 is 2.85 bits per heavy atom. The number of ether oxygens (including phenoxy) is 1. The average Bonchev–Trinajstić information content (AvgIpc) is 2.98. The number of aryl methyl sites for hydroxylation is 1. The van der Waals surface area contributed by atoms with E-state index in [0.29, 0.717) is 0 Å². The van der Waals surface area contributed by atoms with Crippen LogP contribution in [-0.4, -0.2) is 37.3 Å². The lowest BCUT2D eigenvalue weighted by atomic mass is 9.76. The second kappa shape index (κ2) is 6.36. The van der Waals surface area contributed by atoms with Gasteiger partial charge in [-0.25, -0.2) is 0 Å². The summed E-state index contributed by atoms with van der Waals surface area (Å²) in [6, 6.07) is 6.76. The van der Waals surface area contributed by atoms with Crippen LogP contribution in [0.15, 0.2) is 18.2 Å². The fourth-order valence-corrected chi connectivity index (χ4v) is 5.41. The molecule has 138 valence electrons. The molecule has 0 amide bonds. The number of nitrogens with two attached hydrogens (primary N) is 1. The van der Waals surface area contributed by atoms with Crippen LogP contribution >= 0.6 is 11.6 Å². The number of anilines is 1. The third-order valence-electron chi connectivity index (χ3n) is 6.74. The Labute approximate surface area is 159 Å². The molecule has 2 aliphatic heterocycles. The van der Waals surface area contributed by atoms with Crippen LogP contribution in [0, 0.1) is 5.41 Å². The molecule has 1 spiro atoms. The topological polar surface area (TPSA) is 51.4 Å². The smallest absolute Gasteiger partial charge is 0.0741 e. The number of benzene rings is 1. The van der Waals surface area contributed by atoms with Gasteiger partial charge in [0, 0.05) is 54.5 Å². The molecule has 1 aromatic heterocycles. The maximum atomic E-state index is 6.72. The minimum Gasteiger partial charge on any atom is -0.381 e. The van der Waals surface area contributed by atoms with E-state index in [9.17, 15) is 0 Å². The van der Waals surface area contributed by atoms with E-state index < -0.39 is 0 Å². The molecule has 26 heavy (non-hydrogen) atoms. The molecule has 5 rings (SSSR count). The molecule has 0 saturated carbocycles. The average molecular weight is 372 g/mol. The maximum Gasteiger partial charge on any atom is 0.0741 e. The van der Waals surface area contributed by atoms with Crippen molar-refractivity contribution in [1.82, 2.24) is 4.98 Å². The Balaban J connectivity index is 1.50. The predicted molar refractivity (Wildman–Crippen MR) is 106 cm³/mol. The number of nitrogens with zero attached hydrogens (tertiary/aromatic N) is 2. The molecule has 2 fully saturated rings. The highest BCUT2D eigenvalue weighted by atomic mass is 35.5. The largest absolute Gasteiger partial charge is 0.381 e. The molecule has 1 unspecified atom stereocenters. The van der Waals surface area contributed by atoms with Crippen molar-refractivity contribution in [3.05, 3.63) is 34.5 Å². The second-order valence-electron chi connectivity index (χ2n) is 8.22. The highest BCUT2D eigenvalue weighted by molar-refractivity contribution is 6.36. The molecule has 0 radical (unpaired) electrons. The van der Waals surface area contributed by atoms with Crippen molar-refractivity contribution < 1.29 is 4.74 Å². The zero-order valence-corrected chi connectivity index (χ0v) is 15.9. The van der Waals surface area contributed by atoms with Crippen LogP contribution in [0.1, 0.15) is 36.9 Å². The monoisotopic (exact) mass is 371 g/mol. The fourth-order valence-electron chi connectivity index (χ4n) is 5.05. The van der Waals surface area contributed by atoms with Gasteiger partial charge >= 0.3 is 0 Å². The fraction of sp³-hybridized carbons (Fsp3) is 0.571. The number of fused-ring (bicyclic) bond motifs is 2. The van der Waals surface area contributed by atoms with Crippen LogP contribution in [-0.2, 0) is 17.6 Å². The lowest BCUT2D eigenvalue weighted by Gasteiger charge is -2.36. The number of aromatic nitrogens is 1. The summed E-state index contributed by atoms with van der Waals surface area (Å²) in [4.78, 5) is 7.40. The van der Waals surface area contributed by atoms with Crippen molar-refractivity contribution in [2.24, 2.45) is 11.1 Å². The van der Waals surface area contributed by atoms with Gasteiger partial charge in [-0.2, -0.15) is 0 Å². The summed E-state index contributed by atoms with van der Waals surface area (Å²) in [5, 5.41) is 2.00. The van der Waals surface area contributed by atoms with Crippen LogP contribution in [0.4, 0.5) is 5.69 Å². The van der Waals surface area contributed by atoms with Gasteiger partial charge in [-0.15, -0.1) is 0 Å². The van der Waals surface area contributed by atoms with E-state index in [0.717, 1.165) is 67.9 Å². The number of halogens is 1. The summed E-state index contributed by atoms with van der Waals surface area (Å²) in [7, 11) is 0. The van der Waals surface area contributed by atoms with Gasteiger partial charge in [0.1, 0.15) is 0 Å². The first kappa shape index (κ1) is 16.8. The van der Waals surface area contributed by atoms with E-state index in [-0.39, 0.29) is 11.5 Å². The van der Waals surface area contributed by atoms with E-state index in [2.05, 4.69) is 23.1 Å². The first-order valence-electron chi connectivity index (χ1n) is 9.86. The number of pyridine rings is 1. The molecular formula is C21H26ClN3O. The summed E-state index contributed by atoms with van der Waals surface area (Å²) in [6.45, 7) is 3.59. The van der Waals surface area contributed by atoms with Crippen LogP contribution in [0.2, 0.25) is 5.02 Å². The van der Waals surface area contributed by atoms with Crippen molar-refractivity contribution >= 4 is 28.2 Å². The number of hydrogen-bond donors (Lipinski definition) is 1. The van der Waals surface area contributed by atoms with Crippen molar-refractivity contribution in [2.45, 2.75) is 44.6 Å². The van der Waals surface area contributed by atoms with E-state index >= 15 is 0 Å². The molecule has 1 aromatic carbocycles. The first-order chi connectivity index (χ1) is 12.7. The minimum atomic E-state index is 0.203. The van der Waals surface area contributed by atoms with Crippen LogP contribution in [0.25, 0.3) is 10.9 Å². The van der Waals surface area contributed by atoms with Crippen LogP contribution in [0.5, 0.6) is 0 Å². The van der Waals surface area contributed by atoms with Crippen molar-refractivity contribution in [3.63, 3.8) is 0 Å². The Morgan fingerprint density at radius 2 is 2.00 bits per heavy atom. The quantitative estimate of drug-likeness (QED) is 0.830. The summed E-state index contributed by atoms with van der Waals surface area (Å²) in [5.41, 5.74) is 11.5. The molecule has 2 saturated heterocycles. The minimum absolute atomic E-state index is 0.203. The summed E-state index contributed by atoms with van der Waals surface area (Å²) in [6.07, 6.45) is 6.67. The lowest BCUT2D eigenvalue weighted by Crippen LogP contribution is -2.44. The van der Waals surface area contributed by atoms with E-state index in [1.807, 2.05) is 0 Å². The molecule has 1 atom stereocenters. The predicted octanol–water partition coefficient (Wildman–Crippen LogP) is 3.71. The van der Waals surface area contributed by atoms with Gasteiger partial charge < -0.3 is 15.4 Å². The summed E-state index contributed by atoms with van der Waals surface area (Å²) < 4.78 is 5.57. The molecule has 2 N–H and O–H groups in total. The van der Waals surface area contributed by atoms with Gasteiger partial charge in [0.05, 0.1) is 10.5 Å². The zero-order chi connectivity index (χ0) is 17.7. The molecular weight excluding hydrogens is 346 g/mol. The molecule has 4 nitrogen and oxygen atoms in total. The molecule has 3 heterocycles. The molecule has 1 aliphatic carbocycles. The normalized spacial score (nSPS) is 25.0. The van der Waals surface area contributed by atoms with Gasteiger partial charge in [-0.3, -0.25) is 4.98 Å². The first-order valence-corrected chi connectivity index (χ1v) is 10.2. The molecule has 5 heteroatoms. The van der Waals surface area contributed by atoms with Crippen molar-refractivity contribution in [1.29, 1.82) is 0 Å². The second-order valence-corrected chi connectivity index (χ2v) is 8.60. The van der Waals surface area contributed by atoms with E-state index in [1.54, 1.807) is 0 Å². The van der Waals surface area contributed by atoms with Crippen LogP contribution < -0.4 is 10.6 Å². The van der Waals surface area contributed by atoms with Crippen molar-refractivity contribution in [2.75, 3.05) is 31.2 Å². The van der Waals surface area contributed by atoms with Crippen molar-refractivity contribution in [3.8, 4) is 0 Å². The van der Waals surface area contributed by atoms with Crippen LogP contribution in [0.3, 0.4) is 0 Å². The lowest BCUT2D eigenvalue weighted by molar-refractivity contribution is 0.0183. The van der Waals surface area contributed by atoms with E-state index in [1.165, 1.54) is 29.8 Å². The standard InChI is InChI=1S/C21H26ClN3O/c22-20-15-3-1-2-4-17(15)24-18-11-14(5-6-16(18)20)25-12-19(23)21(13-25)7-9-26-10-8-21/h5-6,11,19H,1-4,7-10,12-13,23H2. The van der Waals surface area contributed by atoms with Gasteiger partial charge in [-0.05, 0) is 62.3 Å². The van der Waals surface area contributed by atoms with Gasteiger partial charge in [0.2, 0.25) is 0 Å². The van der Waals surface area contributed by atoms with Gasteiger partial charge in [0.25, 0.3) is 0 Å². The third kappa shape index (κ3) is 2.62. The third-order valence-corrected chi connectivity index (χ3v) is 7.17. The Bertz CT molecular complexity index is 847. The number of hydrogen-bond acceptors (Lipinski definition) is 4. The highest BCUT2D eigenvalue weighted by Gasteiger charge is 2.45. The molecule has 3 aliphatic rings. The Morgan fingerprint density at radius 1 is 1.19 bits per heavy atom. The van der Waals surface area contributed by atoms with Gasteiger partial charge in [-0.1, -0.05) is 11.6 Å². The highest BCUT2D eigenvalue weighted by Crippen LogP contribution is 2.41. The SMILES string of the molecule is NC1CN(c2ccc3c(Cl)c4c(nc3c2)CCCC4)CC12CCOCC2. The maximum absolute atomic E-state index is 6.72. The van der Waals surface area contributed by atoms with Gasteiger partial charge in [0.15, 0.2) is 0 Å². The summed E-state index contributed by atoms with van der Waals surface area (Å²) >= 11 is 6.72. The number of rotatable bonds is 1. The zero-order valence-electron chi connectivity index (χ0n) is 15.1. The molecule has 0 bridgehead atoms. The Kier molecular flexibility index (Phi) is 4.11. The summed E-state index contributed by atoms with van der Waals surface area (Å²) in [5.74, 6) is 0. The molecule has 2 aromatic rings.